The van der Waals surface area contributed by atoms with E-state index in [1.807, 2.05) is 47.2 Å². The quantitative estimate of drug-likeness (QED) is 0.659. The van der Waals surface area contributed by atoms with Crippen LogP contribution in [0.15, 0.2) is 48.7 Å². The summed E-state index contributed by atoms with van der Waals surface area (Å²) in [5, 5.41) is 8.80. The van der Waals surface area contributed by atoms with Gasteiger partial charge in [0, 0.05) is 11.8 Å². The number of rotatable bonds is 1. The molecule has 76 valence electrons. The van der Waals surface area contributed by atoms with Crippen LogP contribution in [0.2, 0.25) is 0 Å². The van der Waals surface area contributed by atoms with Gasteiger partial charge >= 0.3 is 0 Å². The molecular formula is C14H10N2. The monoisotopic (exact) mass is 206 g/mol. The Morgan fingerprint density at radius 2 is 1.88 bits per heavy atom. The summed E-state index contributed by atoms with van der Waals surface area (Å²) in [5.74, 6) is 6.09. The van der Waals surface area contributed by atoms with Gasteiger partial charge in [-0.3, -0.25) is 0 Å². The van der Waals surface area contributed by atoms with E-state index in [0.717, 1.165) is 5.56 Å². The van der Waals surface area contributed by atoms with Crippen molar-refractivity contribution in [2.75, 3.05) is 0 Å². The standard InChI is InChI=1S/C14H10N2/c15-12-14-9-5-11-16(14)10-4-8-13-6-2-1-3-7-13/h1-3,5-7,9,11H,10H2. The summed E-state index contributed by atoms with van der Waals surface area (Å²) in [4.78, 5) is 0. The lowest BCUT2D eigenvalue weighted by atomic mass is 10.2. The molecule has 0 amide bonds. The molecule has 2 rings (SSSR count). The van der Waals surface area contributed by atoms with Gasteiger partial charge in [-0.2, -0.15) is 5.26 Å². The molecule has 0 atom stereocenters. The van der Waals surface area contributed by atoms with Gasteiger partial charge in [-0.1, -0.05) is 30.0 Å². The Balaban J connectivity index is 2.09. The minimum atomic E-state index is 0.546. The van der Waals surface area contributed by atoms with Crippen molar-refractivity contribution in [1.82, 2.24) is 4.57 Å². The van der Waals surface area contributed by atoms with Gasteiger partial charge in [-0.15, -0.1) is 0 Å². The van der Waals surface area contributed by atoms with Crippen LogP contribution < -0.4 is 0 Å². The SMILES string of the molecule is N#Cc1cccn1CC#Cc1ccccc1. The van der Waals surface area contributed by atoms with E-state index in [2.05, 4.69) is 17.9 Å². The normalized spacial score (nSPS) is 8.94. The van der Waals surface area contributed by atoms with Gasteiger partial charge in [0.15, 0.2) is 0 Å². The molecule has 1 aromatic carbocycles. The maximum Gasteiger partial charge on any atom is 0.121 e. The van der Waals surface area contributed by atoms with Crippen LogP contribution >= 0.6 is 0 Å². The molecule has 2 heteroatoms. The van der Waals surface area contributed by atoms with E-state index in [4.69, 9.17) is 5.26 Å². The predicted octanol–water partition coefficient (Wildman–Crippen LogP) is 2.41. The summed E-state index contributed by atoms with van der Waals surface area (Å²) in [6.07, 6.45) is 1.86. The molecular weight excluding hydrogens is 196 g/mol. The van der Waals surface area contributed by atoms with Gasteiger partial charge in [0.1, 0.15) is 11.8 Å². The van der Waals surface area contributed by atoms with Crippen LogP contribution in [0.5, 0.6) is 0 Å². The second-order valence-corrected chi connectivity index (χ2v) is 3.30. The van der Waals surface area contributed by atoms with E-state index in [0.29, 0.717) is 12.2 Å². The zero-order valence-corrected chi connectivity index (χ0v) is 8.72. The maximum absolute atomic E-state index is 8.80. The van der Waals surface area contributed by atoms with Crippen molar-refractivity contribution < 1.29 is 0 Å². The highest BCUT2D eigenvalue weighted by Crippen LogP contribution is 1.99. The van der Waals surface area contributed by atoms with E-state index < -0.39 is 0 Å². The third kappa shape index (κ3) is 2.32. The first-order chi connectivity index (χ1) is 7.90. The van der Waals surface area contributed by atoms with Crippen LogP contribution in [0.1, 0.15) is 11.3 Å². The van der Waals surface area contributed by atoms with Crippen LogP contribution in [0.25, 0.3) is 0 Å². The number of benzene rings is 1. The zero-order valence-electron chi connectivity index (χ0n) is 8.72. The van der Waals surface area contributed by atoms with Crippen LogP contribution in [0, 0.1) is 23.2 Å². The Morgan fingerprint density at radius 1 is 1.06 bits per heavy atom. The lowest BCUT2D eigenvalue weighted by Gasteiger charge is -1.96. The number of nitriles is 1. The molecule has 0 saturated heterocycles. The van der Waals surface area contributed by atoms with Gasteiger partial charge in [0.25, 0.3) is 0 Å². The zero-order chi connectivity index (χ0) is 11.2. The van der Waals surface area contributed by atoms with Crippen molar-refractivity contribution in [2.24, 2.45) is 0 Å². The summed E-state index contributed by atoms with van der Waals surface area (Å²) >= 11 is 0. The molecule has 0 aliphatic rings. The summed E-state index contributed by atoms with van der Waals surface area (Å²) < 4.78 is 1.83. The Bertz CT molecular complexity index is 562. The summed E-state index contributed by atoms with van der Waals surface area (Å²) in [6, 6.07) is 15.6. The Labute approximate surface area is 94.8 Å². The second-order valence-electron chi connectivity index (χ2n) is 3.30. The molecule has 0 fully saturated rings. The Hall–Kier alpha value is -2.45. The van der Waals surface area contributed by atoms with Crippen molar-refractivity contribution in [2.45, 2.75) is 6.54 Å². The molecule has 1 heterocycles. The van der Waals surface area contributed by atoms with Gasteiger partial charge in [-0.05, 0) is 24.3 Å². The fourth-order valence-electron chi connectivity index (χ4n) is 1.40. The predicted molar refractivity (Wildman–Crippen MR) is 62.5 cm³/mol. The third-order valence-corrected chi connectivity index (χ3v) is 2.20. The first-order valence-corrected chi connectivity index (χ1v) is 4.99. The molecule has 0 spiro atoms. The maximum atomic E-state index is 8.80. The minimum absolute atomic E-state index is 0.546. The lowest BCUT2D eigenvalue weighted by molar-refractivity contribution is 0.835. The van der Waals surface area contributed by atoms with E-state index >= 15 is 0 Å². The fraction of sp³-hybridized carbons (Fsp3) is 0.0714. The molecule has 0 aliphatic carbocycles. The molecule has 1 aromatic heterocycles. The summed E-state index contributed by atoms with van der Waals surface area (Å²) in [7, 11) is 0. The number of nitrogens with zero attached hydrogens (tertiary/aromatic N) is 2. The Kier molecular flexibility index (Phi) is 3.07. The van der Waals surface area contributed by atoms with Gasteiger partial charge in [0.2, 0.25) is 0 Å². The van der Waals surface area contributed by atoms with Crippen LogP contribution in [-0.2, 0) is 6.54 Å². The molecule has 0 unspecified atom stereocenters. The van der Waals surface area contributed by atoms with E-state index in [-0.39, 0.29) is 0 Å². The number of hydrogen-bond donors (Lipinski definition) is 0. The smallest absolute Gasteiger partial charge is 0.121 e. The molecule has 16 heavy (non-hydrogen) atoms. The molecule has 2 nitrogen and oxygen atoms in total. The number of aromatic nitrogens is 1. The van der Waals surface area contributed by atoms with Crippen LogP contribution in [0.4, 0.5) is 0 Å². The van der Waals surface area contributed by atoms with E-state index in [1.54, 1.807) is 6.07 Å². The molecule has 0 aliphatic heterocycles. The largest absolute Gasteiger partial charge is 0.328 e. The van der Waals surface area contributed by atoms with Crippen molar-refractivity contribution in [3.8, 4) is 17.9 Å². The van der Waals surface area contributed by atoms with Gasteiger partial charge in [-0.25, -0.2) is 0 Å². The highest BCUT2D eigenvalue weighted by atomic mass is 14.9. The lowest BCUT2D eigenvalue weighted by Crippen LogP contribution is -1.96. The molecule has 0 N–H and O–H groups in total. The van der Waals surface area contributed by atoms with E-state index in [9.17, 15) is 0 Å². The van der Waals surface area contributed by atoms with E-state index in [1.165, 1.54) is 0 Å². The van der Waals surface area contributed by atoms with Crippen molar-refractivity contribution in [1.29, 1.82) is 5.26 Å². The summed E-state index contributed by atoms with van der Waals surface area (Å²) in [5.41, 5.74) is 1.63. The number of hydrogen-bond acceptors (Lipinski definition) is 1. The van der Waals surface area contributed by atoms with Gasteiger partial charge < -0.3 is 4.57 Å². The minimum Gasteiger partial charge on any atom is -0.328 e. The first kappa shape index (κ1) is 10.1. The highest BCUT2D eigenvalue weighted by Gasteiger charge is 1.95. The van der Waals surface area contributed by atoms with Gasteiger partial charge in [0.05, 0.1) is 6.54 Å². The molecule has 0 radical (unpaired) electrons. The second kappa shape index (κ2) is 4.87. The average molecular weight is 206 g/mol. The van der Waals surface area contributed by atoms with Crippen molar-refractivity contribution >= 4 is 0 Å². The highest BCUT2D eigenvalue weighted by molar-refractivity contribution is 5.34. The van der Waals surface area contributed by atoms with Crippen LogP contribution in [-0.4, -0.2) is 4.57 Å². The third-order valence-electron chi connectivity index (χ3n) is 2.20. The molecule has 0 saturated carbocycles. The average Bonchev–Trinajstić information content (AvgIpc) is 2.78. The van der Waals surface area contributed by atoms with Crippen molar-refractivity contribution in [3.05, 3.63) is 59.9 Å². The first-order valence-electron chi connectivity index (χ1n) is 4.99. The van der Waals surface area contributed by atoms with Crippen LogP contribution in [0.3, 0.4) is 0 Å². The molecule has 2 aromatic rings. The Morgan fingerprint density at radius 3 is 2.62 bits per heavy atom. The van der Waals surface area contributed by atoms with Crippen molar-refractivity contribution in [3.63, 3.8) is 0 Å². The topological polar surface area (TPSA) is 28.7 Å². The molecule has 0 bridgehead atoms. The fourth-order valence-corrected chi connectivity index (χ4v) is 1.40. The summed E-state index contributed by atoms with van der Waals surface area (Å²) in [6.45, 7) is 0.546.